The van der Waals surface area contributed by atoms with Crippen molar-refractivity contribution in [3.63, 3.8) is 0 Å². The van der Waals surface area contributed by atoms with Crippen molar-refractivity contribution in [3.05, 3.63) is 45.4 Å². The van der Waals surface area contributed by atoms with E-state index >= 15 is 0 Å². The maximum absolute atomic E-state index is 12.6. The minimum Gasteiger partial charge on any atom is -0.497 e. The second-order valence-corrected chi connectivity index (χ2v) is 8.81. The summed E-state index contributed by atoms with van der Waals surface area (Å²) in [5, 5.41) is 0.956. The van der Waals surface area contributed by atoms with Gasteiger partial charge in [-0.25, -0.2) is 4.98 Å². The summed E-state index contributed by atoms with van der Waals surface area (Å²) in [6, 6.07) is 7.87. The van der Waals surface area contributed by atoms with E-state index in [2.05, 4.69) is 9.88 Å². The molecule has 3 rings (SSSR count). The Bertz CT molecular complexity index is 871. The van der Waals surface area contributed by atoms with E-state index in [9.17, 15) is 9.59 Å². The fraction of sp³-hybridized carbons (Fsp3) is 0.500. The molecule has 0 bridgehead atoms. The topological polar surface area (TPSA) is 66.0 Å². The highest BCUT2D eigenvalue weighted by molar-refractivity contribution is 7.13. The molecule has 1 fully saturated rings. The van der Waals surface area contributed by atoms with Crippen molar-refractivity contribution in [2.45, 2.75) is 26.3 Å². The number of thiazole rings is 1. The summed E-state index contributed by atoms with van der Waals surface area (Å²) in [5.41, 5.74) is 1.94. The molecular formula is C22H30N4O3S. The smallest absolute Gasteiger partial charge is 0.265 e. The van der Waals surface area contributed by atoms with Crippen molar-refractivity contribution < 1.29 is 14.3 Å². The minimum absolute atomic E-state index is 0.00326. The van der Waals surface area contributed by atoms with E-state index in [4.69, 9.17) is 4.74 Å². The lowest BCUT2D eigenvalue weighted by Gasteiger charge is -2.34. The van der Waals surface area contributed by atoms with Gasteiger partial charge in [-0.3, -0.25) is 14.5 Å². The normalized spacial score (nSPS) is 14.6. The molecule has 0 unspecified atom stereocenters. The summed E-state index contributed by atoms with van der Waals surface area (Å²) >= 11 is 1.47. The van der Waals surface area contributed by atoms with Gasteiger partial charge in [0.1, 0.15) is 15.6 Å². The highest BCUT2D eigenvalue weighted by Crippen LogP contribution is 2.21. The Morgan fingerprint density at radius 1 is 1.13 bits per heavy atom. The van der Waals surface area contributed by atoms with Gasteiger partial charge in [0, 0.05) is 46.7 Å². The molecule has 0 saturated carbocycles. The third kappa shape index (κ3) is 5.58. The van der Waals surface area contributed by atoms with Crippen molar-refractivity contribution in [1.29, 1.82) is 0 Å². The van der Waals surface area contributed by atoms with Gasteiger partial charge in [0.2, 0.25) is 5.91 Å². The van der Waals surface area contributed by atoms with Crippen LogP contribution in [-0.4, -0.2) is 78.9 Å². The number of carbonyl (C=O) groups is 2. The predicted molar refractivity (Wildman–Crippen MR) is 118 cm³/mol. The third-order valence-electron chi connectivity index (χ3n) is 5.31. The molecule has 0 atom stereocenters. The molecule has 0 radical (unpaired) electrons. The fourth-order valence-corrected chi connectivity index (χ4v) is 4.60. The molecule has 1 aliphatic heterocycles. The van der Waals surface area contributed by atoms with Gasteiger partial charge >= 0.3 is 0 Å². The number of rotatable bonds is 7. The zero-order chi connectivity index (χ0) is 21.7. The molecule has 30 heavy (non-hydrogen) atoms. The van der Waals surface area contributed by atoms with E-state index in [1.807, 2.05) is 36.1 Å². The molecule has 0 spiro atoms. The van der Waals surface area contributed by atoms with Crippen LogP contribution >= 0.6 is 11.3 Å². The van der Waals surface area contributed by atoms with Crippen molar-refractivity contribution in [2.75, 3.05) is 47.4 Å². The molecule has 0 aliphatic carbocycles. The Balaban J connectivity index is 1.45. The molecule has 1 aromatic heterocycles. The molecule has 2 heterocycles. The number of carbonyl (C=O) groups excluding carboxylic acids is 2. The van der Waals surface area contributed by atoms with Crippen LogP contribution in [0.1, 0.15) is 32.4 Å². The van der Waals surface area contributed by atoms with Gasteiger partial charge in [-0.05, 0) is 31.0 Å². The molecule has 2 amide bonds. The van der Waals surface area contributed by atoms with Crippen molar-refractivity contribution in [1.82, 2.24) is 19.7 Å². The molecule has 1 saturated heterocycles. The van der Waals surface area contributed by atoms with E-state index in [1.54, 1.807) is 26.1 Å². The van der Waals surface area contributed by atoms with Crippen LogP contribution in [0.25, 0.3) is 0 Å². The van der Waals surface area contributed by atoms with Crippen LogP contribution in [0.2, 0.25) is 0 Å². The Hall–Kier alpha value is -2.45. The Morgan fingerprint density at radius 3 is 2.40 bits per heavy atom. The van der Waals surface area contributed by atoms with E-state index in [-0.39, 0.29) is 11.8 Å². The van der Waals surface area contributed by atoms with Gasteiger partial charge in [0.25, 0.3) is 5.91 Å². The van der Waals surface area contributed by atoms with E-state index in [1.165, 1.54) is 11.3 Å². The second-order valence-electron chi connectivity index (χ2n) is 7.73. The molecule has 1 aliphatic rings. The first-order valence-corrected chi connectivity index (χ1v) is 11.0. The zero-order valence-electron chi connectivity index (χ0n) is 18.2. The first kappa shape index (κ1) is 22.2. The average Bonchev–Trinajstić information content (AvgIpc) is 3.12. The number of hydrogen-bond donors (Lipinski definition) is 0. The first-order valence-electron chi connectivity index (χ1n) is 10.2. The summed E-state index contributed by atoms with van der Waals surface area (Å²) in [4.78, 5) is 35.9. The number of aryl methyl sites for hydroxylation is 2. The predicted octanol–water partition coefficient (Wildman–Crippen LogP) is 2.44. The number of benzene rings is 1. The summed E-state index contributed by atoms with van der Waals surface area (Å²) in [5.74, 6) is 1.03. The summed E-state index contributed by atoms with van der Waals surface area (Å²) in [6.45, 7) is 5.72. The van der Waals surface area contributed by atoms with Crippen LogP contribution < -0.4 is 4.74 Å². The highest BCUT2D eigenvalue weighted by atomic mass is 32.1. The highest BCUT2D eigenvalue weighted by Gasteiger charge is 2.23. The monoisotopic (exact) mass is 430 g/mol. The number of piperazine rings is 1. The SMILES string of the molecule is COc1ccc(CCC(=O)N2CCN(Cc3nc(C)c(C(=O)N(C)C)s3)CC2)cc1. The molecule has 1 aromatic carbocycles. The van der Waals surface area contributed by atoms with Crippen LogP contribution in [0, 0.1) is 6.92 Å². The maximum Gasteiger partial charge on any atom is 0.265 e. The number of aromatic nitrogens is 1. The van der Waals surface area contributed by atoms with Gasteiger partial charge < -0.3 is 14.5 Å². The lowest BCUT2D eigenvalue weighted by atomic mass is 10.1. The summed E-state index contributed by atoms with van der Waals surface area (Å²) < 4.78 is 5.17. The Labute approximate surface area is 182 Å². The van der Waals surface area contributed by atoms with Crippen LogP contribution in [0.15, 0.2) is 24.3 Å². The van der Waals surface area contributed by atoms with Crippen LogP contribution in [0.5, 0.6) is 5.75 Å². The first-order chi connectivity index (χ1) is 14.4. The maximum atomic E-state index is 12.6. The van der Waals surface area contributed by atoms with Gasteiger partial charge in [0.15, 0.2) is 0 Å². The fourth-order valence-electron chi connectivity index (χ4n) is 3.47. The number of methoxy groups -OCH3 is 1. The number of hydrogen-bond acceptors (Lipinski definition) is 6. The number of nitrogens with zero attached hydrogens (tertiary/aromatic N) is 4. The lowest BCUT2D eigenvalue weighted by Crippen LogP contribution is -2.48. The standard InChI is InChI=1S/C22H30N4O3S/c1-16-21(22(28)24(2)3)30-19(23-16)15-25-11-13-26(14-12-25)20(27)10-7-17-5-8-18(29-4)9-6-17/h5-6,8-9H,7,10-15H2,1-4H3. The molecule has 0 N–H and O–H groups in total. The third-order valence-corrected chi connectivity index (χ3v) is 6.44. The molecule has 162 valence electrons. The molecular weight excluding hydrogens is 400 g/mol. The van der Waals surface area contributed by atoms with Gasteiger partial charge in [-0.15, -0.1) is 11.3 Å². The molecule has 8 heteroatoms. The zero-order valence-corrected chi connectivity index (χ0v) is 19.0. The van der Waals surface area contributed by atoms with Gasteiger partial charge in [-0.2, -0.15) is 0 Å². The van der Waals surface area contributed by atoms with E-state index in [0.29, 0.717) is 11.3 Å². The van der Waals surface area contributed by atoms with E-state index < -0.39 is 0 Å². The van der Waals surface area contributed by atoms with Gasteiger partial charge in [-0.1, -0.05) is 12.1 Å². The van der Waals surface area contributed by atoms with Crippen LogP contribution in [-0.2, 0) is 17.8 Å². The molecule has 7 nitrogen and oxygen atoms in total. The quantitative estimate of drug-likeness (QED) is 0.675. The van der Waals surface area contributed by atoms with Crippen LogP contribution in [0.4, 0.5) is 0 Å². The van der Waals surface area contributed by atoms with Crippen molar-refractivity contribution >= 4 is 23.2 Å². The van der Waals surface area contributed by atoms with Crippen molar-refractivity contribution in [2.24, 2.45) is 0 Å². The second kappa shape index (κ2) is 10.0. The molecule has 2 aromatic rings. The van der Waals surface area contributed by atoms with Crippen molar-refractivity contribution in [3.8, 4) is 5.75 Å². The van der Waals surface area contributed by atoms with E-state index in [0.717, 1.165) is 61.2 Å². The minimum atomic E-state index is 0.00326. The Kier molecular flexibility index (Phi) is 7.44. The summed E-state index contributed by atoms with van der Waals surface area (Å²) in [7, 11) is 5.16. The summed E-state index contributed by atoms with van der Waals surface area (Å²) in [6.07, 6.45) is 1.26. The average molecular weight is 431 g/mol. The Morgan fingerprint density at radius 2 is 1.80 bits per heavy atom. The van der Waals surface area contributed by atoms with Crippen LogP contribution in [0.3, 0.4) is 0 Å². The number of ether oxygens (including phenoxy) is 1. The number of amides is 2. The largest absolute Gasteiger partial charge is 0.497 e. The lowest BCUT2D eigenvalue weighted by molar-refractivity contribution is -0.133. The van der Waals surface area contributed by atoms with Gasteiger partial charge in [0.05, 0.1) is 19.3 Å².